The van der Waals surface area contributed by atoms with Gasteiger partial charge in [0.15, 0.2) is 0 Å². The Morgan fingerprint density at radius 3 is 2.32 bits per heavy atom. The highest BCUT2D eigenvalue weighted by atomic mass is 32.2. The van der Waals surface area contributed by atoms with E-state index in [0.29, 0.717) is 69.9 Å². The molecule has 1 saturated carbocycles. The van der Waals surface area contributed by atoms with Crippen LogP contribution in [0.5, 0.6) is 5.75 Å². The van der Waals surface area contributed by atoms with Gasteiger partial charge in [-0.3, -0.25) is 4.79 Å². The summed E-state index contributed by atoms with van der Waals surface area (Å²) in [5.41, 5.74) is 0.367. The van der Waals surface area contributed by atoms with Gasteiger partial charge < -0.3 is 9.47 Å². The van der Waals surface area contributed by atoms with Gasteiger partial charge in [0, 0.05) is 32.4 Å². The third-order valence-electron chi connectivity index (χ3n) is 6.64. The van der Waals surface area contributed by atoms with E-state index < -0.39 is 31.8 Å². The average molecular weight is 519 g/mol. The minimum atomic E-state index is -3.81. The Kier molecular flexibility index (Phi) is 7.51. The van der Waals surface area contributed by atoms with E-state index in [1.54, 1.807) is 9.03 Å². The van der Waals surface area contributed by atoms with Crippen molar-refractivity contribution in [3.63, 3.8) is 0 Å². The first kappa shape index (κ1) is 25.3. The van der Waals surface area contributed by atoms with E-state index in [2.05, 4.69) is 0 Å². The fourth-order valence-electron chi connectivity index (χ4n) is 4.53. The molecule has 1 aromatic carbocycles. The number of amides is 1. The second-order valence-corrected chi connectivity index (χ2v) is 13.3. The summed E-state index contributed by atoms with van der Waals surface area (Å²) in [6.07, 6.45) is 4.96. The maximum atomic E-state index is 14.6. The molecule has 34 heavy (non-hydrogen) atoms. The highest BCUT2D eigenvalue weighted by Gasteiger charge is 2.36. The summed E-state index contributed by atoms with van der Waals surface area (Å²) in [7, 11) is -7.15. The molecule has 0 aromatic heterocycles. The van der Waals surface area contributed by atoms with Gasteiger partial charge in [-0.15, -0.1) is 0 Å². The van der Waals surface area contributed by atoms with Crippen molar-refractivity contribution in [3.05, 3.63) is 29.1 Å². The van der Waals surface area contributed by atoms with Crippen LogP contribution in [0.2, 0.25) is 0 Å². The topological polar surface area (TPSA) is 119 Å². The van der Waals surface area contributed by atoms with Crippen molar-refractivity contribution in [3.8, 4) is 5.75 Å². The van der Waals surface area contributed by atoms with Crippen molar-refractivity contribution in [2.45, 2.75) is 49.7 Å². The van der Waals surface area contributed by atoms with Crippen LogP contribution in [-0.2, 0) is 24.8 Å². The van der Waals surface area contributed by atoms with Crippen LogP contribution in [0.4, 0.5) is 4.39 Å². The first-order chi connectivity index (χ1) is 16.0. The summed E-state index contributed by atoms with van der Waals surface area (Å²) in [4.78, 5) is 12.2. The van der Waals surface area contributed by atoms with Gasteiger partial charge in [0.25, 0.3) is 5.91 Å². The number of halogens is 1. The minimum Gasteiger partial charge on any atom is -0.493 e. The predicted molar refractivity (Wildman–Crippen MR) is 123 cm³/mol. The molecule has 1 N–H and O–H groups in total. The van der Waals surface area contributed by atoms with Crippen molar-refractivity contribution in [2.24, 2.45) is 5.92 Å². The predicted octanol–water partition coefficient (Wildman–Crippen LogP) is 1.99. The maximum Gasteiger partial charge on any atom is 0.267 e. The number of nitrogens with zero attached hydrogens (tertiary/aromatic N) is 1. The fraction of sp³-hybridized carbons (Fsp3) is 0.682. The van der Waals surface area contributed by atoms with Crippen molar-refractivity contribution in [2.75, 3.05) is 39.2 Å². The molecule has 4 rings (SSSR count). The van der Waals surface area contributed by atoms with Crippen LogP contribution >= 0.6 is 0 Å². The van der Waals surface area contributed by atoms with Gasteiger partial charge >= 0.3 is 0 Å². The monoisotopic (exact) mass is 518 g/mol. The van der Waals surface area contributed by atoms with Gasteiger partial charge in [-0.05, 0) is 62.0 Å². The number of carbonyl (C=O) groups excluding carboxylic acids is 1. The van der Waals surface area contributed by atoms with Crippen LogP contribution in [0.15, 0.2) is 12.1 Å². The molecule has 12 heteroatoms. The molecule has 3 aliphatic rings. The zero-order valence-electron chi connectivity index (χ0n) is 19.2. The molecule has 0 radical (unpaired) electrons. The lowest BCUT2D eigenvalue weighted by Gasteiger charge is -2.34. The molecule has 2 heterocycles. The normalized spacial score (nSPS) is 21.4. The number of hydrogen-bond donors (Lipinski definition) is 1. The third kappa shape index (κ3) is 6.07. The van der Waals surface area contributed by atoms with Crippen LogP contribution in [0.1, 0.15) is 60.4 Å². The summed E-state index contributed by atoms with van der Waals surface area (Å²) < 4.78 is 77.7. The molecular formula is C22H31FN2O7S2. The Labute approximate surface area is 200 Å². The second-order valence-electron chi connectivity index (χ2n) is 9.36. The number of hydrogen-bond acceptors (Lipinski definition) is 7. The molecule has 2 aliphatic heterocycles. The molecule has 0 spiro atoms. The summed E-state index contributed by atoms with van der Waals surface area (Å²) in [6.45, 7) is 2.13. The quantitative estimate of drug-likeness (QED) is 0.559. The molecule has 0 atom stereocenters. The van der Waals surface area contributed by atoms with Crippen molar-refractivity contribution < 1.29 is 35.5 Å². The van der Waals surface area contributed by atoms with Gasteiger partial charge in [-0.2, -0.15) is 0 Å². The number of rotatable bonds is 8. The average Bonchev–Trinajstić information content (AvgIpc) is 3.62. The van der Waals surface area contributed by atoms with Gasteiger partial charge in [0.05, 0.1) is 23.7 Å². The molecule has 1 aliphatic carbocycles. The number of piperidine rings is 1. The zero-order chi connectivity index (χ0) is 24.5. The summed E-state index contributed by atoms with van der Waals surface area (Å²) in [5, 5.41) is -0.378. The van der Waals surface area contributed by atoms with Gasteiger partial charge in [-0.1, -0.05) is 0 Å². The molecule has 1 amide bonds. The first-order valence-corrected chi connectivity index (χ1v) is 15.0. The maximum absolute atomic E-state index is 14.6. The third-order valence-corrected chi connectivity index (χ3v) is 9.59. The van der Waals surface area contributed by atoms with E-state index in [1.807, 2.05) is 0 Å². The van der Waals surface area contributed by atoms with E-state index in [1.165, 1.54) is 6.07 Å². The van der Waals surface area contributed by atoms with Crippen molar-refractivity contribution in [1.29, 1.82) is 0 Å². The van der Waals surface area contributed by atoms with Gasteiger partial charge in [0.2, 0.25) is 20.0 Å². The van der Waals surface area contributed by atoms with Crippen LogP contribution < -0.4 is 9.46 Å². The first-order valence-electron chi connectivity index (χ1n) is 11.6. The van der Waals surface area contributed by atoms with E-state index >= 15 is 0 Å². The zero-order valence-corrected chi connectivity index (χ0v) is 20.8. The van der Waals surface area contributed by atoms with E-state index in [9.17, 15) is 26.0 Å². The summed E-state index contributed by atoms with van der Waals surface area (Å²) in [6, 6.07) is 2.53. The van der Waals surface area contributed by atoms with E-state index in [0.717, 1.165) is 25.2 Å². The molecule has 0 bridgehead atoms. The molecule has 9 nitrogen and oxygen atoms in total. The SMILES string of the molecule is CS(=O)(=O)NC(=O)c1cc(C2CC2)c(OCC2CCN(S(=O)(=O)C3CCOCC3)CC2)cc1F. The fourth-order valence-corrected chi connectivity index (χ4v) is 6.91. The van der Waals surface area contributed by atoms with E-state index in [-0.39, 0.29) is 22.6 Å². The second kappa shape index (κ2) is 10.1. The smallest absolute Gasteiger partial charge is 0.267 e. The van der Waals surface area contributed by atoms with Crippen LogP contribution in [0.25, 0.3) is 0 Å². The minimum absolute atomic E-state index is 0.129. The lowest BCUT2D eigenvalue weighted by molar-refractivity contribution is 0.0965. The number of ether oxygens (including phenoxy) is 2. The van der Waals surface area contributed by atoms with Crippen molar-refractivity contribution >= 4 is 26.0 Å². The molecular weight excluding hydrogens is 487 g/mol. The van der Waals surface area contributed by atoms with Gasteiger partial charge in [-0.25, -0.2) is 30.3 Å². The Morgan fingerprint density at radius 2 is 1.74 bits per heavy atom. The van der Waals surface area contributed by atoms with Crippen LogP contribution in [-0.4, -0.2) is 71.5 Å². The molecule has 0 unspecified atom stereocenters. The summed E-state index contributed by atoms with van der Waals surface area (Å²) in [5.74, 6) is -1.23. The Morgan fingerprint density at radius 1 is 1.09 bits per heavy atom. The van der Waals surface area contributed by atoms with Crippen LogP contribution in [0, 0.1) is 11.7 Å². The number of carbonyl (C=O) groups is 1. The number of sulfonamides is 2. The highest BCUT2D eigenvalue weighted by molar-refractivity contribution is 7.89. The lowest BCUT2D eigenvalue weighted by Crippen LogP contribution is -2.45. The van der Waals surface area contributed by atoms with Crippen LogP contribution in [0.3, 0.4) is 0 Å². The van der Waals surface area contributed by atoms with Gasteiger partial charge in [0.1, 0.15) is 11.6 Å². The Hall–Kier alpha value is -1.76. The molecule has 3 fully saturated rings. The Balaban J connectivity index is 1.37. The number of benzene rings is 1. The van der Waals surface area contributed by atoms with Crippen molar-refractivity contribution in [1.82, 2.24) is 9.03 Å². The standard InChI is InChI=1S/C22H31FN2O7S2/c1-33(27,28)24-22(26)19-12-18(16-2-3-16)21(13-20(19)23)32-14-15-4-8-25(9-5-15)34(29,30)17-6-10-31-11-7-17/h12-13,15-17H,2-11,14H2,1H3,(H,24,26). The summed E-state index contributed by atoms with van der Waals surface area (Å²) >= 11 is 0. The molecule has 2 saturated heterocycles. The Bertz CT molecular complexity index is 1120. The lowest BCUT2D eigenvalue weighted by atomic mass is 9.99. The number of nitrogens with one attached hydrogen (secondary N) is 1. The highest BCUT2D eigenvalue weighted by Crippen LogP contribution is 2.45. The molecule has 1 aromatic rings. The largest absolute Gasteiger partial charge is 0.493 e. The van der Waals surface area contributed by atoms with E-state index in [4.69, 9.17) is 9.47 Å². The molecule has 190 valence electrons.